The fourth-order valence-corrected chi connectivity index (χ4v) is 5.50. The summed E-state index contributed by atoms with van der Waals surface area (Å²) in [5, 5.41) is 4.23. The lowest BCUT2D eigenvalue weighted by atomic mass is 10.0. The van der Waals surface area contributed by atoms with Crippen LogP contribution in [0.1, 0.15) is 37.2 Å². The first kappa shape index (κ1) is 25.8. The fourth-order valence-electron chi connectivity index (χ4n) is 4.60. The number of nitrogens with two attached hydrogens (primary N) is 1. The summed E-state index contributed by atoms with van der Waals surface area (Å²) in [7, 11) is -1.43. The molecule has 0 radical (unpaired) electrons. The number of pyridine rings is 1. The minimum absolute atomic E-state index is 0.0464. The number of carbonyl (C=O) groups excluding carboxylic acids is 1. The number of H-pyrrole nitrogens is 1. The summed E-state index contributed by atoms with van der Waals surface area (Å²) in [4.78, 5) is 25.1. The molecule has 4 rings (SSSR count). The Balaban J connectivity index is 1.41. The van der Waals surface area contributed by atoms with Crippen molar-refractivity contribution in [3.8, 4) is 0 Å². The second-order valence-corrected chi connectivity index (χ2v) is 11.3. The summed E-state index contributed by atoms with van der Waals surface area (Å²) < 4.78 is 26.6. The molecule has 0 bridgehead atoms. The second-order valence-electron chi connectivity index (χ2n) is 9.50. The molecule has 1 aromatic carbocycles. The normalized spacial score (nSPS) is 14.9. The Morgan fingerprint density at radius 2 is 2.00 bits per heavy atom. The molecule has 3 heterocycles. The zero-order valence-corrected chi connectivity index (χ0v) is 21.8. The third-order valence-electron chi connectivity index (χ3n) is 6.38. The molecule has 0 unspecified atom stereocenters. The number of hydrogen-bond donors (Lipinski definition) is 4. The quantitative estimate of drug-likeness (QED) is 0.345. The highest BCUT2D eigenvalue weighted by Crippen LogP contribution is 2.28. The molecule has 3 aromatic rings. The average Bonchev–Trinajstić information content (AvgIpc) is 3.26. The zero-order valence-electron chi connectivity index (χ0n) is 21.0. The molecule has 5 N–H and O–H groups in total. The maximum atomic E-state index is 13.2. The van der Waals surface area contributed by atoms with Crippen molar-refractivity contribution in [2.75, 3.05) is 47.4 Å². The van der Waals surface area contributed by atoms with Crippen LogP contribution >= 0.6 is 0 Å². The van der Waals surface area contributed by atoms with Gasteiger partial charge in [-0.3, -0.25) is 9.52 Å². The number of likely N-dealkylation sites (tertiary alicyclic amines) is 1. The van der Waals surface area contributed by atoms with E-state index in [1.807, 2.05) is 17.0 Å². The zero-order chi connectivity index (χ0) is 25.9. The third-order valence-corrected chi connectivity index (χ3v) is 7.70. The number of piperidine rings is 1. The molecule has 1 amide bonds. The van der Waals surface area contributed by atoms with Gasteiger partial charge in [-0.05, 0) is 63.1 Å². The molecule has 1 aliphatic heterocycles. The van der Waals surface area contributed by atoms with Gasteiger partial charge in [0, 0.05) is 61.6 Å². The topological polar surface area (TPSA) is 136 Å². The second kappa shape index (κ2) is 10.8. The number of rotatable bonds is 9. The van der Waals surface area contributed by atoms with Gasteiger partial charge in [-0.2, -0.15) is 0 Å². The van der Waals surface area contributed by atoms with E-state index in [1.54, 1.807) is 30.5 Å². The van der Waals surface area contributed by atoms with Gasteiger partial charge < -0.3 is 25.8 Å². The number of sulfonamides is 1. The molecular weight excluding hydrogens is 478 g/mol. The van der Waals surface area contributed by atoms with Crippen LogP contribution in [0.4, 0.5) is 17.2 Å². The van der Waals surface area contributed by atoms with Gasteiger partial charge in [-0.1, -0.05) is 0 Å². The van der Waals surface area contributed by atoms with Crippen LogP contribution in [0.5, 0.6) is 0 Å². The van der Waals surface area contributed by atoms with E-state index in [0.717, 1.165) is 35.2 Å². The maximum absolute atomic E-state index is 13.2. The minimum atomic E-state index is -3.49. The van der Waals surface area contributed by atoms with Crippen LogP contribution in [-0.4, -0.2) is 73.7 Å². The van der Waals surface area contributed by atoms with E-state index >= 15 is 0 Å². The third kappa shape index (κ3) is 5.90. The van der Waals surface area contributed by atoms with Crippen LogP contribution in [-0.2, 0) is 10.0 Å². The van der Waals surface area contributed by atoms with E-state index in [0.29, 0.717) is 30.5 Å². The smallest absolute Gasteiger partial charge is 0.270 e. The van der Waals surface area contributed by atoms with Gasteiger partial charge in [-0.15, -0.1) is 0 Å². The highest BCUT2D eigenvalue weighted by molar-refractivity contribution is 7.92. The molecule has 10 nitrogen and oxygen atoms in total. The van der Waals surface area contributed by atoms with Crippen LogP contribution in [0.15, 0.2) is 42.6 Å². The number of aromatic nitrogens is 2. The number of nitrogens with one attached hydrogen (secondary N) is 3. The largest absolute Gasteiger partial charge is 0.380 e. The van der Waals surface area contributed by atoms with Gasteiger partial charge in [0.25, 0.3) is 5.91 Å². The van der Waals surface area contributed by atoms with Crippen molar-refractivity contribution >= 4 is 44.0 Å². The van der Waals surface area contributed by atoms with Gasteiger partial charge in [0.15, 0.2) is 5.82 Å². The van der Waals surface area contributed by atoms with Crippen molar-refractivity contribution in [1.29, 1.82) is 0 Å². The highest BCUT2D eigenvalue weighted by Gasteiger charge is 2.28. The summed E-state index contributed by atoms with van der Waals surface area (Å²) in [6.45, 7) is 5.54. The van der Waals surface area contributed by atoms with Gasteiger partial charge in [-0.25, -0.2) is 13.4 Å². The summed E-state index contributed by atoms with van der Waals surface area (Å²) >= 11 is 0. The van der Waals surface area contributed by atoms with E-state index in [2.05, 4.69) is 45.8 Å². The lowest BCUT2D eigenvalue weighted by molar-refractivity contribution is 0.0708. The molecule has 0 saturated carbocycles. The molecular formula is C25H35N7O3S. The first-order valence-corrected chi connectivity index (χ1v) is 13.9. The van der Waals surface area contributed by atoms with E-state index in [-0.39, 0.29) is 24.2 Å². The summed E-state index contributed by atoms with van der Waals surface area (Å²) in [5.41, 5.74) is 8.09. The van der Waals surface area contributed by atoms with Crippen LogP contribution in [0.3, 0.4) is 0 Å². The first-order valence-electron chi connectivity index (χ1n) is 12.2. The highest BCUT2D eigenvalue weighted by atomic mass is 32.2. The number of benzene rings is 1. The van der Waals surface area contributed by atoms with Crippen molar-refractivity contribution < 1.29 is 13.2 Å². The molecule has 11 heteroatoms. The lowest BCUT2D eigenvalue weighted by Gasteiger charge is -2.37. The van der Waals surface area contributed by atoms with Crippen molar-refractivity contribution in [2.24, 2.45) is 5.73 Å². The average molecular weight is 514 g/mol. The Hall–Kier alpha value is -3.31. The van der Waals surface area contributed by atoms with E-state index < -0.39 is 10.0 Å². The van der Waals surface area contributed by atoms with E-state index in [4.69, 9.17) is 5.73 Å². The molecule has 1 saturated heterocycles. The molecule has 194 valence electrons. The summed E-state index contributed by atoms with van der Waals surface area (Å²) in [5.74, 6) is 0.713. The fraction of sp³-hybridized carbons (Fsp3) is 0.440. The number of anilines is 3. The Labute approximate surface area is 212 Å². The molecule has 36 heavy (non-hydrogen) atoms. The molecule has 0 aliphatic carbocycles. The van der Waals surface area contributed by atoms with E-state index in [9.17, 15) is 13.2 Å². The minimum Gasteiger partial charge on any atom is -0.380 e. The van der Waals surface area contributed by atoms with Crippen LogP contribution in [0.2, 0.25) is 0 Å². The van der Waals surface area contributed by atoms with Gasteiger partial charge in [0.1, 0.15) is 5.69 Å². The Bertz CT molecular complexity index is 1310. The van der Waals surface area contributed by atoms with E-state index in [1.165, 1.54) is 0 Å². The SMILES string of the molecule is CC(C)Nc1cccnc1N(C)C1CCN(C(=O)c2cc3cc(NS(=O)(=O)CCN)ccc3[nH]2)CC1. The van der Waals surface area contributed by atoms with Crippen LogP contribution in [0, 0.1) is 0 Å². The summed E-state index contributed by atoms with van der Waals surface area (Å²) in [6, 6.07) is 11.5. The number of nitrogens with zero attached hydrogens (tertiary/aromatic N) is 3. The molecule has 2 aromatic heterocycles. The maximum Gasteiger partial charge on any atom is 0.270 e. The molecule has 0 atom stereocenters. The van der Waals surface area contributed by atoms with Crippen molar-refractivity contribution in [3.63, 3.8) is 0 Å². The number of hydrogen-bond acceptors (Lipinski definition) is 7. The lowest BCUT2D eigenvalue weighted by Crippen LogP contribution is -2.46. The van der Waals surface area contributed by atoms with Gasteiger partial charge in [0.05, 0.1) is 11.4 Å². The Morgan fingerprint density at radius 3 is 2.69 bits per heavy atom. The molecule has 1 aliphatic rings. The van der Waals surface area contributed by atoms with Crippen molar-refractivity contribution in [2.45, 2.75) is 38.8 Å². The predicted molar refractivity (Wildman–Crippen MR) is 145 cm³/mol. The van der Waals surface area contributed by atoms with Crippen molar-refractivity contribution in [1.82, 2.24) is 14.9 Å². The number of aromatic amines is 1. The molecule has 1 fully saturated rings. The molecule has 0 spiro atoms. The van der Waals surface area contributed by atoms with Gasteiger partial charge >= 0.3 is 0 Å². The Kier molecular flexibility index (Phi) is 7.70. The number of carbonyl (C=O) groups is 1. The van der Waals surface area contributed by atoms with Crippen LogP contribution < -0.4 is 20.7 Å². The van der Waals surface area contributed by atoms with Crippen LogP contribution in [0.25, 0.3) is 10.9 Å². The monoisotopic (exact) mass is 513 g/mol. The predicted octanol–water partition coefficient (Wildman–Crippen LogP) is 2.82. The number of fused-ring (bicyclic) bond motifs is 1. The van der Waals surface area contributed by atoms with Gasteiger partial charge in [0.2, 0.25) is 10.0 Å². The standard InChI is InChI=1S/C25H35N7O3S/c1-17(2)28-22-5-4-11-27-24(22)31(3)20-8-12-32(13-9-20)25(33)23-16-18-15-19(6-7-21(18)29-23)30-36(34,35)14-10-26/h4-7,11,15-17,20,28-30H,8-10,12-14,26H2,1-3H3. The first-order chi connectivity index (χ1) is 17.2. The Morgan fingerprint density at radius 1 is 1.25 bits per heavy atom. The number of amides is 1. The van der Waals surface area contributed by atoms with Crippen molar-refractivity contribution in [3.05, 3.63) is 48.3 Å². The summed E-state index contributed by atoms with van der Waals surface area (Å²) in [6.07, 6.45) is 3.49.